The smallest absolute Gasteiger partial charge is 0.254 e. The van der Waals surface area contributed by atoms with E-state index in [0.717, 1.165) is 25.7 Å². The van der Waals surface area contributed by atoms with Gasteiger partial charge in [0.25, 0.3) is 5.91 Å². The number of unbranched alkanes of at least 4 members (excludes halogenated alkanes) is 3. The SMILES string of the molecule is O=C(NCCCCCCO)c1cncnc1. The van der Waals surface area contributed by atoms with Gasteiger partial charge < -0.3 is 10.4 Å². The van der Waals surface area contributed by atoms with Crippen LogP contribution in [0.2, 0.25) is 0 Å². The first-order valence-electron chi connectivity index (χ1n) is 5.48. The summed E-state index contributed by atoms with van der Waals surface area (Å²) in [6, 6.07) is 0. The van der Waals surface area contributed by atoms with E-state index in [1.165, 1.54) is 18.7 Å². The van der Waals surface area contributed by atoms with Crippen LogP contribution in [0.25, 0.3) is 0 Å². The molecule has 88 valence electrons. The molecule has 0 atom stereocenters. The normalized spacial score (nSPS) is 10.1. The fraction of sp³-hybridized carbons (Fsp3) is 0.545. The zero-order valence-corrected chi connectivity index (χ0v) is 9.22. The number of aliphatic hydroxyl groups is 1. The number of amides is 1. The summed E-state index contributed by atoms with van der Waals surface area (Å²) in [6.45, 7) is 0.896. The van der Waals surface area contributed by atoms with E-state index >= 15 is 0 Å². The van der Waals surface area contributed by atoms with Gasteiger partial charge in [0, 0.05) is 25.5 Å². The third-order valence-electron chi connectivity index (χ3n) is 2.19. The van der Waals surface area contributed by atoms with Crippen LogP contribution >= 0.6 is 0 Å². The molecule has 0 radical (unpaired) electrons. The second kappa shape index (κ2) is 7.76. The average molecular weight is 223 g/mol. The fourth-order valence-electron chi connectivity index (χ4n) is 1.31. The molecule has 5 nitrogen and oxygen atoms in total. The zero-order chi connectivity index (χ0) is 11.6. The van der Waals surface area contributed by atoms with E-state index < -0.39 is 0 Å². The van der Waals surface area contributed by atoms with Crippen LogP contribution in [0.5, 0.6) is 0 Å². The van der Waals surface area contributed by atoms with Gasteiger partial charge in [0.05, 0.1) is 5.56 Å². The van der Waals surface area contributed by atoms with E-state index in [1.54, 1.807) is 0 Å². The summed E-state index contributed by atoms with van der Waals surface area (Å²) in [5, 5.41) is 11.4. The molecule has 0 saturated heterocycles. The van der Waals surface area contributed by atoms with Crippen molar-refractivity contribution < 1.29 is 9.90 Å². The highest BCUT2D eigenvalue weighted by molar-refractivity contribution is 5.93. The Hall–Kier alpha value is -1.49. The Bertz CT molecular complexity index is 303. The molecule has 1 aromatic rings. The molecule has 0 unspecified atom stereocenters. The molecule has 0 spiro atoms. The predicted octanol–water partition coefficient (Wildman–Crippen LogP) is 0.759. The molecule has 1 rings (SSSR count). The molecular formula is C11H17N3O2. The summed E-state index contributed by atoms with van der Waals surface area (Å²) < 4.78 is 0. The Labute approximate surface area is 94.9 Å². The standard InChI is InChI=1S/C11H17N3O2/c15-6-4-2-1-3-5-14-11(16)10-7-12-9-13-8-10/h7-9,15H,1-6H2,(H,14,16). The summed E-state index contributed by atoms with van der Waals surface area (Å²) >= 11 is 0. The van der Waals surface area contributed by atoms with Crippen molar-refractivity contribution in [3.63, 3.8) is 0 Å². The van der Waals surface area contributed by atoms with Crippen molar-refractivity contribution in [3.8, 4) is 0 Å². The minimum Gasteiger partial charge on any atom is -0.396 e. The monoisotopic (exact) mass is 223 g/mol. The molecule has 1 heterocycles. The highest BCUT2D eigenvalue weighted by atomic mass is 16.2. The van der Waals surface area contributed by atoms with E-state index in [4.69, 9.17) is 5.11 Å². The lowest BCUT2D eigenvalue weighted by atomic mass is 10.2. The van der Waals surface area contributed by atoms with E-state index in [-0.39, 0.29) is 12.5 Å². The van der Waals surface area contributed by atoms with Crippen molar-refractivity contribution in [1.82, 2.24) is 15.3 Å². The molecular weight excluding hydrogens is 206 g/mol. The molecule has 0 aliphatic rings. The number of hydrogen-bond acceptors (Lipinski definition) is 4. The lowest BCUT2D eigenvalue weighted by Gasteiger charge is -2.03. The van der Waals surface area contributed by atoms with Gasteiger partial charge in [-0.05, 0) is 12.8 Å². The lowest BCUT2D eigenvalue weighted by Crippen LogP contribution is -2.24. The number of nitrogens with one attached hydrogen (secondary N) is 1. The molecule has 0 aliphatic carbocycles. The summed E-state index contributed by atoms with van der Waals surface area (Å²) in [7, 11) is 0. The second-order valence-electron chi connectivity index (χ2n) is 3.52. The minimum absolute atomic E-state index is 0.136. The van der Waals surface area contributed by atoms with E-state index in [1.807, 2.05) is 0 Å². The van der Waals surface area contributed by atoms with Gasteiger partial charge in [-0.25, -0.2) is 9.97 Å². The van der Waals surface area contributed by atoms with Crippen LogP contribution in [0.3, 0.4) is 0 Å². The number of aromatic nitrogens is 2. The largest absolute Gasteiger partial charge is 0.396 e. The van der Waals surface area contributed by atoms with Gasteiger partial charge in [-0.2, -0.15) is 0 Å². The Morgan fingerprint density at radius 1 is 1.19 bits per heavy atom. The first kappa shape index (κ1) is 12.6. The molecule has 0 fully saturated rings. The third kappa shape index (κ3) is 4.84. The van der Waals surface area contributed by atoms with Crippen LogP contribution in [0, 0.1) is 0 Å². The Morgan fingerprint density at radius 3 is 2.56 bits per heavy atom. The van der Waals surface area contributed by atoms with Gasteiger partial charge in [0.15, 0.2) is 0 Å². The Kier molecular flexibility index (Phi) is 6.10. The molecule has 0 saturated carbocycles. The lowest BCUT2D eigenvalue weighted by molar-refractivity contribution is 0.0952. The second-order valence-corrected chi connectivity index (χ2v) is 3.52. The summed E-state index contributed by atoms with van der Waals surface area (Å²) in [4.78, 5) is 19.1. The molecule has 2 N–H and O–H groups in total. The number of aliphatic hydroxyl groups excluding tert-OH is 1. The molecule has 5 heteroatoms. The molecule has 1 aromatic heterocycles. The molecule has 0 bridgehead atoms. The van der Waals surface area contributed by atoms with Crippen molar-refractivity contribution in [1.29, 1.82) is 0 Å². The van der Waals surface area contributed by atoms with Crippen LogP contribution in [-0.2, 0) is 0 Å². The number of carbonyl (C=O) groups excluding carboxylic acids is 1. The van der Waals surface area contributed by atoms with Gasteiger partial charge >= 0.3 is 0 Å². The predicted molar refractivity (Wildman–Crippen MR) is 59.9 cm³/mol. The Balaban J connectivity index is 2.12. The maximum Gasteiger partial charge on any atom is 0.254 e. The van der Waals surface area contributed by atoms with Gasteiger partial charge in [-0.15, -0.1) is 0 Å². The summed E-state index contributed by atoms with van der Waals surface area (Å²) in [6.07, 6.45) is 8.17. The minimum atomic E-state index is -0.136. The highest BCUT2D eigenvalue weighted by Crippen LogP contribution is 1.98. The first-order chi connectivity index (χ1) is 7.84. The first-order valence-corrected chi connectivity index (χ1v) is 5.48. The molecule has 16 heavy (non-hydrogen) atoms. The Morgan fingerprint density at radius 2 is 1.88 bits per heavy atom. The maximum atomic E-state index is 11.5. The molecule has 0 aliphatic heterocycles. The molecule has 1 amide bonds. The van der Waals surface area contributed by atoms with Gasteiger partial charge in [0.1, 0.15) is 6.33 Å². The number of carbonyl (C=O) groups is 1. The summed E-state index contributed by atoms with van der Waals surface area (Å²) in [5.41, 5.74) is 0.484. The van der Waals surface area contributed by atoms with Crippen molar-refractivity contribution in [2.45, 2.75) is 25.7 Å². The van der Waals surface area contributed by atoms with E-state index in [9.17, 15) is 4.79 Å². The van der Waals surface area contributed by atoms with Crippen LogP contribution in [0.4, 0.5) is 0 Å². The van der Waals surface area contributed by atoms with E-state index in [0.29, 0.717) is 12.1 Å². The van der Waals surface area contributed by atoms with Crippen LogP contribution in [0.1, 0.15) is 36.0 Å². The van der Waals surface area contributed by atoms with Gasteiger partial charge in [-0.1, -0.05) is 12.8 Å². The molecule has 0 aromatic carbocycles. The summed E-state index contributed by atoms with van der Waals surface area (Å²) in [5.74, 6) is -0.136. The van der Waals surface area contributed by atoms with Crippen molar-refractivity contribution >= 4 is 5.91 Å². The van der Waals surface area contributed by atoms with Crippen molar-refractivity contribution in [3.05, 3.63) is 24.3 Å². The van der Waals surface area contributed by atoms with Crippen molar-refractivity contribution in [2.24, 2.45) is 0 Å². The van der Waals surface area contributed by atoms with Gasteiger partial charge in [0.2, 0.25) is 0 Å². The maximum absolute atomic E-state index is 11.5. The topological polar surface area (TPSA) is 75.1 Å². The van der Waals surface area contributed by atoms with Crippen LogP contribution in [-0.4, -0.2) is 34.1 Å². The average Bonchev–Trinajstić information content (AvgIpc) is 2.34. The van der Waals surface area contributed by atoms with Crippen molar-refractivity contribution in [2.75, 3.05) is 13.2 Å². The number of nitrogens with zero attached hydrogens (tertiary/aromatic N) is 2. The quantitative estimate of drug-likeness (QED) is 0.669. The fourth-order valence-corrected chi connectivity index (χ4v) is 1.31. The van der Waals surface area contributed by atoms with E-state index in [2.05, 4.69) is 15.3 Å². The highest BCUT2D eigenvalue weighted by Gasteiger charge is 2.03. The number of hydrogen-bond donors (Lipinski definition) is 2. The number of rotatable bonds is 7. The van der Waals surface area contributed by atoms with Gasteiger partial charge in [-0.3, -0.25) is 4.79 Å². The van der Waals surface area contributed by atoms with Crippen LogP contribution in [0.15, 0.2) is 18.7 Å². The third-order valence-corrected chi connectivity index (χ3v) is 2.19. The zero-order valence-electron chi connectivity index (χ0n) is 9.22. The van der Waals surface area contributed by atoms with Crippen LogP contribution < -0.4 is 5.32 Å².